The quantitative estimate of drug-likeness (QED) is 0.524. The first kappa shape index (κ1) is 19.3. The Balaban J connectivity index is 1.89. The minimum atomic E-state index is -0.817. The average molecular weight is 379 g/mol. The summed E-state index contributed by atoms with van der Waals surface area (Å²) in [5.74, 6) is -0.132. The van der Waals surface area contributed by atoms with Crippen molar-refractivity contribution in [3.8, 4) is 5.75 Å². The molecular formula is C21H21N3O4. The summed E-state index contributed by atoms with van der Waals surface area (Å²) in [7, 11) is 3.10. The van der Waals surface area contributed by atoms with E-state index >= 15 is 0 Å². The van der Waals surface area contributed by atoms with Gasteiger partial charge in [-0.3, -0.25) is 14.3 Å². The summed E-state index contributed by atoms with van der Waals surface area (Å²) in [5, 5.41) is 4.38. The summed E-state index contributed by atoms with van der Waals surface area (Å²) in [6.45, 7) is 2.06. The number of carbonyl (C=O) groups is 2. The molecule has 0 saturated carbocycles. The zero-order chi connectivity index (χ0) is 20.1. The molecule has 0 fully saturated rings. The van der Waals surface area contributed by atoms with Gasteiger partial charge in [0, 0.05) is 18.7 Å². The Morgan fingerprint density at radius 2 is 1.75 bits per heavy atom. The molecule has 1 heterocycles. The second-order valence-electron chi connectivity index (χ2n) is 6.23. The summed E-state index contributed by atoms with van der Waals surface area (Å²) in [6, 6.07) is 18.3. The monoisotopic (exact) mass is 379 g/mol. The third-order valence-electron chi connectivity index (χ3n) is 4.41. The van der Waals surface area contributed by atoms with Crippen molar-refractivity contribution < 1.29 is 19.2 Å². The van der Waals surface area contributed by atoms with Crippen molar-refractivity contribution >= 4 is 11.9 Å². The van der Waals surface area contributed by atoms with Gasteiger partial charge in [-0.05, 0) is 23.8 Å². The maximum atomic E-state index is 13.0. The van der Waals surface area contributed by atoms with Crippen LogP contribution in [0.4, 0.5) is 4.79 Å². The van der Waals surface area contributed by atoms with E-state index < -0.39 is 6.09 Å². The molecule has 28 heavy (non-hydrogen) atoms. The first-order chi connectivity index (χ1) is 13.5. The van der Waals surface area contributed by atoms with Crippen LogP contribution in [0, 0.1) is 0 Å². The minimum absolute atomic E-state index is 0.0687. The third kappa shape index (κ3) is 4.10. The number of nitrogens with one attached hydrogen (secondary N) is 1. The molecule has 1 atom stereocenters. The lowest BCUT2D eigenvalue weighted by Gasteiger charge is -2.11. The number of nitrogens with zero attached hydrogens (tertiary/aromatic N) is 2. The first-order valence-corrected chi connectivity index (χ1v) is 8.74. The molecule has 0 saturated heterocycles. The Morgan fingerprint density at radius 3 is 2.46 bits per heavy atom. The third-order valence-corrected chi connectivity index (χ3v) is 4.41. The standard InChI is InChI=1S/C21H21N3O4/c1-14(15-9-5-4-6-10-15)18-13-17(22-24(18)2)20(25)16-11-7-8-12-19(16)28-21(26)23-27-3/h4-14H,1-3H3,(H,23,26). The van der Waals surface area contributed by atoms with Crippen molar-refractivity contribution in [1.82, 2.24) is 15.3 Å². The largest absolute Gasteiger partial charge is 0.436 e. The molecule has 144 valence electrons. The van der Waals surface area contributed by atoms with Gasteiger partial charge in [0.05, 0.1) is 12.7 Å². The van der Waals surface area contributed by atoms with E-state index in [-0.39, 0.29) is 28.7 Å². The number of rotatable bonds is 6. The van der Waals surface area contributed by atoms with Gasteiger partial charge in [0.2, 0.25) is 5.78 Å². The van der Waals surface area contributed by atoms with Crippen LogP contribution in [0.3, 0.4) is 0 Å². The maximum Gasteiger partial charge on any atom is 0.436 e. The number of carbonyl (C=O) groups excluding carboxylic acids is 2. The van der Waals surface area contributed by atoms with E-state index in [1.54, 1.807) is 42.1 Å². The zero-order valence-corrected chi connectivity index (χ0v) is 15.9. The fourth-order valence-corrected chi connectivity index (χ4v) is 3.00. The fraction of sp³-hybridized carbons (Fsp3) is 0.190. The lowest BCUT2D eigenvalue weighted by Crippen LogP contribution is -2.26. The van der Waals surface area contributed by atoms with Crippen LogP contribution in [0.2, 0.25) is 0 Å². The lowest BCUT2D eigenvalue weighted by molar-refractivity contribution is 0.0841. The van der Waals surface area contributed by atoms with Crippen molar-refractivity contribution in [2.75, 3.05) is 7.11 Å². The SMILES string of the molecule is CONC(=O)Oc1ccccc1C(=O)c1cc(C(C)c2ccccc2)n(C)n1. The van der Waals surface area contributed by atoms with Gasteiger partial charge >= 0.3 is 6.09 Å². The highest BCUT2D eigenvalue weighted by Crippen LogP contribution is 2.26. The summed E-state index contributed by atoms with van der Waals surface area (Å²) in [5.41, 5.74) is 4.61. The van der Waals surface area contributed by atoms with Gasteiger partial charge in [-0.15, -0.1) is 0 Å². The van der Waals surface area contributed by atoms with Crippen molar-refractivity contribution in [2.45, 2.75) is 12.8 Å². The Kier molecular flexibility index (Phi) is 5.86. The van der Waals surface area contributed by atoms with Crippen molar-refractivity contribution in [2.24, 2.45) is 7.05 Å². The molecule has 0 aliphatic rings. The normalized spacial score (nSPS) is 11.7. The van der Waals surface area contributed by atoms with Crippen LogP contribution >= 0.6 is 0 Å². The molecule has 1 amide bonds. The van der Waals surface area contributed by atoms with Gasteiger partial charge < -0.3 is 4.74 Å². The van der Waals surface area contributed by atoms with Gasteiger partial charge in [-0.25, -0.2) is 4.79 Å². The van der Waals surface area contributed by atoms with Gasteiger partial charge in [-0.1, -0.05) is 49.4 Å². The van der Waals surface area contributed by atoms with E-state index in [2.05, 4.69) is 22.3 Å². The van der Waals surface area contributed by atoms with Gasteiger partial charge in [-0.2, -0.15) is 10.6 Å². The summed E-state index contributed by atoms with van der Waals surface area (Å²) < 4.78 is 6.85. The Hall–Kier alpha value is -3.45. The van der Waals surface area contributed by atoms with Crippen molar-refractivity contribution in [1.29, 1.82) is 0 Å². The Morgan fingerprint density at radius 1 is 1.07 bits per heavy atom. The number of hydrogen-bond acceptors (Lipinski definition) is 5. The number of hydroxylamine groups is 1. The van der Waals surface area contributed by atoms with Crippen LogP contribution < -0.4 is 10.2 Å². The number of ketones is 1. The van der Waals surface area contributed by atoms with E-state index in [0.717, 1.165) is 11.3 Å². The molecule has 7 heteroatoms. The first-order valence-electron chi connectivity index (χ1n) is 8.74. The molecule has 3 aromatic rings. The van der Waals surface area contributed by atoms with E-state index in [0.29, 0.717) is 0 Å². The molecule has 0 spiro atoms. The molecule has 0 bridgehead atoms. The molecule has 0 aliphatic carbocycles. The zero-order valence-electron chi connectivity index (χ0n) is 15.9. The highest BCUT2D eigenvalue weighted by atomic mass is 16.7. The van der Waals surface area contributed by atoms with Gasteiger partial charge in [0.25, 0.3) is 0 Å². The predicted molar refractivity (Wildman–Crippen MR) is 103 cm³/mol. The van der Waals surface area contributed by atoms with Crippen LogP contribution in [0.1, 0.15) is 40.2 Å². The molecule has 0 aliphatic heterocycles. The molecule has 1 unspecified atom stereocenters. The number of hydrogen-bond donors (Lipinski definition) is 1. The van der Waals surface area contributed by atoms with E-state index in [1.165, 1.54) is 7.11 Å². The number of benzene rings is 2. The fourth-order valence-electron chi connectivity index (χ4n) is 3.00. The molecular weight excluding hydrogens is 358 g/mol. The van der Waals surface area contributed by atoms with Crippen LogP contribution in [0.5, 0.6) is 5.75 Å². The average Bonchev–Trinajstić information content (AvgIpc) is 3.10. The number of amides is 1. The predicted octanol–water partition coefficient (Wildman–Crippen LogP) is 3.45. The number of aromatic nitrogens is 2. The molecule has 3 rings (SSSR count). The summed E-state index contributed by atoms with van der Waals surface area (Å²) >= 11 is 0. The van der Waals surface area contributed by atoms with Crippen molar-refractivity contribution in [3.05, 3.63) is 83.2 Å². The maximum absolute atomic E-state index is 13.0. The molecule has 0 radical (unpaired) electrons. The minimum Gasteiger partial charge on any atom is -0.408 e. The van der Waals surface area contributed by atoms with Gasteiger partial charge in [0.1, 0.15) is 11.4 Å². The molecule has 1 aromatic heterocycles. The summed E-state index contributed by atoms with van der Waals surface area (Å²) in [4.78, 5) is 29.2. The van der Waals surface area contributed by atoms with E-state index in [4.69, 9.17) is 4.74 Å². The van der Waals surface area contributed by atoms with Crippen LogP contribution in [0.25, 0.3) is 0 Å². The molecule has 7 nitrogen and oxygen atoms in total. The highest BCUT2D eigenvalue weighted by molar-refractivity contribution is 6.09. The smallest absolute Gasteiger partial charge is 0.408 e. The molecule has 2 aromatic carbocycles. The second kappa shape index (κ2) is 8.49. The van der Waals surface area contributed by atoms with E-state index in [9.17, 15) is 9.59 Å². The van der Waals surface area contributed by atoms with Crippen LogP contribution in [-0.2, 0) is 11.9 Å². The summed E-state index contributed by atoms with van der Waals surface area (Å²) in [6.07, 6.45) is -0.817. The Bertz CT molecular complexity index is 982. The Labute approximate surface area is 162 Å². The topological polar surface area (TPSA) is 82.5 Å². The van der Waals surface area contributed by atoms with E-state index in [1.807, 2.05) is 30.3 Å². The number of aryl methyl sites for hydroxylation is 1. The van der Waals surface area contributed by atoms with Gasteiger partial charge in [0.15, 0.2) is 0 Å². The highest BCUT2D eigenvalue weighted by Gasteiger charge is 2.22. The number of para-hydroxylation sites is 1. The second-order valence-corrected chi connectivity index (χ2v) is 6.23. The number of ether oxygens (including phenoxy) is 1. The molecule has 1 N–H and O–H groups in total. The van der Waals surface area contributed by atoms with Crippen LogP contribution in [0.15, 0.2) is 60.7 Å². The van der Waals surface area contributed by atoms with Crippen molar-refractivity contribution in [3.63, 3.8) is 0 Å². The lowest BCUT2D eigenvalue weighted by atomic mass is 9.97. The van der Waals surface area contributed by atoms with Crippen LogP contribution in [-0.4, -0.2) is 28.8 Å².